The molecule has 0 saturated heterocycles. The first kappa shape index (κ1) is 15.1. The van der Waals surface area contributed by atoms with Crippen molar-refractivity contribution in [1.82, 2.24) is 4.57 Å². The summed E-state index contributed by atoms with van der Waals surface area (Å²) >= 11 is 1.38. The fourth-order valence-electron chi connectivity index (χ4n) is 2.75. The minimum absolute atomic E-state index is 0.201. The topological polar surface area (TPSA) is 51.4 Å². The fourth-order valence-corrected chi connectivity index (χ4v) is 5.04. The van der Waals surface area contributed by atoms with Gasteiger partial charge >= 0.3 is 0 Å². The van der Waals surface area contributed by atoms with Crippen LogP contribution in [0.25, 0.3) is 21.0 Å². The highest BCUT2D eigenvalue weighted by atomic mass is 32.2. The number of aryl methyl sites for hydroxylation is 1. The Bertz CT molecular complexity index is 1220. The highest BCUT2D eigenvalue weighted by Gasteiger charge is 2.14. The maximum absolute atomic E-state index is 12.5. The van der Waals surface area contributed by atoms with Crippen LogP contribution in [0.3, 0.4) is 0 Å². The molecule has 4 rings (SSSR count). The molecule has 0 amide bonds. The minimum atomic E-state index is -3.72. The molecule has 0 aliphatic heterocycles. The standard InChI is InChI=1S/C18H14N2O2S2/c1-20-17-15-10-6-5-7-13(15)11-12-16(17)23-18(20)19-24(21,22)14-8-3-2-4-9-14/h2-12H,1H3. The van der Waals surface area contributed by atoms with Gasteiger partial charge in [0.2, 0.25) is 4.80 Å². The van der Waals surface area contributed by atoms with Crippen molar-refractivity contribution in [3.63, 3.8) is 0 Å². The van der Waals surface area contributed by atoms with Crippen LogP contribution in [0.4, 0.5) is 0 Å². The maximum Gasteiger partial charge on any atom is 0.285 e. The molecular weight excluding hydrogens is 340 g/mol. The van der Waals surface area contributed by atoms with E-state index in [9.17, 15) is 8.42 Å². The summed E-state index contributed by atoms with van der Waals surface area (Å²) in [5, 5.41) is 2.21. The Morgan fingerprint density at radius 3 is 2.42 bits per heavy atom. The average Bonchev–Trinajstić information content (AvgIpc) is 2.91. The molecule has 4 aromatic rings. The van der Waals surface area contributed by atoms with E-state index in [-0.39, 0.29) is 4.90 Å². The van der Waals surface area contributed by atoms with Crippen molar-refractivity contribution in [3.05, 3.63) is 71.5 Å². The molecule has 0 N–H and O–H groups in total. The Labute approximate surface area is 143 Å². The molecule has 24 heavy (non-hydrogen) atoms. The second-order valence-electron chi connectivity index (χ2n) is 5.46. The van der Waals surface area contributed by atoms with E-state index in [2.05, 4.69) is 4.40 Å². The molecule has 0 spiro atoms. The van der Waals surface area contributed by atoms with Gasteiger partial charge in [-0.25, -0.2) is 0 Å². The van der Waals surface area contributed by atoms with E-state index in [0.717, 1.165) is 21.0 Å². The van der Waals surface area contributed by atoms with Crippen molar-refractivity contribution in [3.8, 4) is 0 Å². The number of nitrogens with zero attached hydrogens (tertiary/aromatic N) is 2. The van der Waals surface area contributed by atoms with Crippen LogP contribution in [0.5, 0.6) is 0 Å². The largest absolute Gasteiger partial charge is 0.318 e. The molecule has 0 aliphatic carbocycles. The molecule has 120 valence electrons. The lowest BCUT2D eigenvalue weighted by molar-refractivity contribution is 0.596. The molecular formula is C18H14N2O2S2. The highest BCUT2D eigenvalue weighted by molar-refractivity contribution is 7.90. The summed E-state index contributed by atoms with van der Waals surface area (Å²) < 4.78 is 32.0. The predicted molar refractivity (Wildman–Crippen MR) is 97.5 cm³/mol. The van der Waals surface area contributed by atoms with Crippen molar-refractivity contribution >= 4 is 42.3 Å². The van der Waals surface area contributed by atoms with E-state index < -0.39 is 10.0 Å². The Hall–Kier alpha value is -2.44. The van der Waals surface area contributed by atoms with Gasteiger partial charge in [-0.05, 0) is 23.6 Å². The van der Waals surface area contributed by atoms with Crippen molar-refractivity contribution in [2.75, 3.05) is 0 Å². The van der Waals surface area contributed by atoms with Crippen molar-refractivity contribution < 1.29 is 8.42 Å². The van der Waals surface area contributed by atoms with E-state index in [0.29, 0.717) is 4.80 Å². The fraction of sp³-hybridized carbons (Fsp3) is 0.0556. The summed E-state index contributed by atoms with van der Waals surface area (Å²) in [4.78, 5) is 0.664. The first-order valence-electron chi connectivity index (χ1n) is 7.40. The van der Waals surface area contributed by atoms with Crippen molar-refractivity contribution in [2.45, 2.75) is 4.90 Å². The van der Waals surface area contributed by atoms with Gasteiger partial charge in [-0.1, -0.05) is 59.9 Å². The van der Waals surface area contributed by atoms with Gasteiger partial charge in [-0.3, -0.25) is 0 Å². The lowest BCUT2D eigenvalue weighted by Gasteiger charge is -2.02. The molecule has 0 fully saturated rings. The molecule has 1 aromatic heterocycles. The molecule has 0 bridgehead atoms. The number of aromatic nitrogens is 1. The molecule has 6 heteroatoms. The monoisotopic (exact) mass is 354 g/mol. The van der Waals surface area contributed by atoms with Gasteiger partial charge in [0.25, 0.3) is 10.0 Å². The van der Waals surface area contributed by atoms with Crippen molar-refractivity contribution in [1.29, 1.82) is 0 Å². The van der Waals surface area contributed by atoms with E-state index in [1.54, 1.807) is 30.3 Å². The summed E-state index contributed by atoms with van der Waals surface area (Å²) in [5.41, 5.74) is 1.00. The lowest BCUT2D eigenvalue weighted by Crippen LogP contribution is -2.13. The SMILES string of the molecule is Cn1c(=NS(=O)(=O)c2ccccc2)sc2ccc3ccccc3c21. The number of benzene rings is 3. The second kappa shape index (κ2) is 5.58. The van der Waals surface area contributed by atoms with Crippen LogP contribution in [-0.4, -0.2) is 13.0 Å². The summed E-state index contributed by atoms with van der Waals surface area (Å²) in [5.74, 6) is 0. The molecule has 0 saturated carbocycles. The van der Waals surface area contributed by atoms with Crippen LogP contribution in [0.15, 0.2) is 76.0 Å². The molecule has 0 atom stereocenters. The summed E-state index contributed by atoms with van der Waals surface area (Å²) in [6.45, 7) is 0. The third kappa shape index (κ3) is 2.44. The third-order valence-corrected chi connectivity index (χ3v) is 6.42. The van der Waals surface area contributed by atoms with Gasteiger partial charge in [0.05, 0.1) is 15.1 Å². The van der Waals surface area contributed by atoms with Crippen LogP contribution >= 0.6 is 11.3 Å². The second-order valence-corrected chi connectivity index (χ2v) is 8.07. The normalized spacial score (nSPS) is 13.0. The smallest absolute Gasteiger partial charge is 0.285 e. The number of fused-ring (bicyclic) bond motifs is 3. The molecule has 0 radical (unpaired) electrons. The van der Waals surface area contributed by atoms with Gasteiger partial charge in [-0.15, -0.1) is 4.40 Å². The van der Waals surface area contributed by atoms with Crippen LogP contribution < -0.4 is 4.80 Å². The van der Waals surface area contributed by atoms with Gasteiger partial charge < -0.3 is 4.57 Å². The Morgan fingerprint density at radius 1 is 0.917 bits per heavy atom. The Kier molecular flexibility index (Phi) is 3.51. The van der Waals surface area contributed by atoms with E-state index >= 15 is 0 Å². The maximum atomic E-state index is 12.5. The summed E-state index contributed by atoms with van der Waals surface area (Å²) in [6, 6.07) is 20.4. The summed E-state index contributed by atoms with van der Waals surface area (Å²) in [6.07, 6.45) is 0. The first-order chi connectivity index (χ1) is 11.6. The van der Waals surface area contributed by atoms with Gasteiger partial charge in [0.15, 0.2) is 0 Å². The Morgan fingerprint density at radius 2 is 1.62 bits per heavy atom. The number of sulfonamides is 1. The van der Waals surface area contributed by atoms with E-state index in [1.165, 1.54) is 11.3 Å². The molecule has 0 aliphatic rings. The van der Waals surface area contributed by atoms with Gasteiger partial charge in [0.1, 0.15) is 0 Å². The van der Waals surface area contributed by atoms with Crippen molar-refractivity contribution in [2.24, 2.45) is 11.4 Å². The van der Waals surface area contributed by atoms with Crippen LogP contribution in [0, 0.1) is 0 Å². The number of thiazole rings is 1. The lowest BCUT2D eigenvalue weighted by atomic mass is 10.1. The highest BCUT2D eigenvalue weighted by Crippen LogP contribution is 2.26. The quantitative estimate of drug-likeness (QED) is 0.551. The molecule has 3 aromatic carbocycles. The van der Waals surface area contributed by atoms with Gasteiger partial charge in [-0.2, -0.15) is 8.42 Å². The average molecular weight is 354 g/mol. The zero-order valence-corrected chi connectivity index (χ0v) is 14.5. The van der Waals surface area contributed by atoms with Crippen LogP contribution in [-0.2, 0) is 17.1 Å². The zero-order valence-electron chi connectivity index (χ0n) is 12.9. The Balaban J connectivity index is 2.02. The summed E-state index contributed by atoms with van der Waals surface area (Å²) in [7, 11) is -1.87. The number of hydrogen-bond donors (Lipinski definition) is 0. The van der Waals surface area contributed by atoms with Crippen LogP contribution in [0.1, 0.15) is 0 Å². The first-order valence-corrected chi connectivity index (χ1v) is 9.65. The van der Waals surface area contributed by atoms with Crippen LogP contribution in [0.2, 0.25) is 0 Å². The zero-order chi connectivity index (χ0) is 16.7. The minimum Gasteiger partial charge on any atom is -0.318 e. The van der Waals surface area contributed by atoms with Gasteiger partial charge in [0, 0.05) is 12.4 Å². The van der Waals surface area contributed by atoms with E-state index in [4.69, 9.17) is 0 Å². The third-order valence-electron chi connectivity index (χ3n) is 3.93. The molecule has 4 nitrogen and oxygen atoms in total. The molecule has 1 heterocycles. The molecule has 0 unspecified atom stereocenters. The predicted octanol–water partition coefficient (Wildman–Crippen LogP) is 3.68. The number of hydrogen-bond acceptors (Lipinski definition) is 3. The number of rotatable bonds is 2. The van der Waals surface area contributed by atoms with E-state index in [1.807, 2.05) is 48.0 Å².